The lowest BCUT2D eigenvalue weighted by Gasteiger charge is -2.34. The molecule has 1 heterocycles. The highest BCUT2D eigenvalue weighted by molar-refractivity contribution is 9.10. The minimum atomic E-state index is -3.55. The maximum absolute atomic E-state index is 13.0. The first-order valence-corrected chi connectivity index (χ1v) is 11.0. The highest BCUT2D eigenvalue weighted by Gasteiger charge is 2.28. The van der Waals surface area contributed by atoms with E-state index in [9.17, 15) is 12.8 Å². The van der Waals surface area contributed by atoms with Crippen LogP contribution in [0.25, 0.3) is 0 Å². The zero-order valence-electron chi connectivity index (χ0n) is 15.7. The van der Waals surface area contributed by atoms with E-state index in [1.807, 2.05) is 12.1 Å². The second kappa shape index (κ2) is 10.6. The first-order chi connectivity index (χ1) is 14.1. The second-order valence-corrected chi connectivity index (χ2v) is 9.23. The molecule has 0 aliphatic carbocycles. The van der Waals surface area contributed by atoms with E-state index < -0.39 is 27.8 Å². The van der Waals surface area contributed by atoms with Gasteiger partial charge in [-0.3, -0.25) is 4.90 Å². The molecule has 0 spiro atoms. The number of carbonyl (C=O) groups is 2. The minimum absolute atomic E-state index is 0.143. The number of piperazine rings is 1. The van der Waals surface area contributed by atoms with Crippen LogP contribution in [-0.2, 0) is 26.2 Å². The lowest BCUT2D eigenvalue weighted by molar-refractivity contribution is -0.159. The van der Waals surface area contributed by atoms with Gasteiger partial charge < -0.3 is 10.2 Å². The molecule has 0 unspecified atom stereocenters. The maximum Gasteiger partial charge on any atom is 0.414 e. The van der Waals surface area contributed by atoms with Crippen molar-refractivity contribution in [2.24, 2.45) is 0 Å². The lowest BCUT2D eigenvalue weighted by atomic mass is 10.2. The van der Waals surface area contributed by atoms with E-state index in [0.29, 0.717) is 26.2 Å². The predicted octanol–water partition coefficient (Wildman–Crippen LogP) is 2.25. The Morgan fingerprint density at radius 1 is 0.967 bits per heavy atom. The summed E-state index contributed by atoms with van der Waals surface area (Å²) < 4.78 is 40.7. The average molecular weight is 503 g/mol. The Labute approximate surface area is 181 Å². The zero-order valence-corrected chi connectivity index (χ0v) is 18.1. The molecule has 0 aromatic heterocycles. The summed E-state index contributed by atoms with van der Waals surface area (Å²) in [6.45, 7) is 3.02. The molecular formula is C19H20BrFN2O6S. The molecule has 2 aromatic carbocycles. The summed E-state index contributed by atoms with van der Waals surface area (Å²) in [6.07, 6.45) is 0. The van der Waals surface area contributed by atoms with Crippen LogP contribution in [0.1, 0.15) is 5.56 Å². The molecule has 11 heteroatoms. The summed E-state index contributed by atoms with van der Waals surface area (Å²) in [5.41, 5.74) is 1.19. The number of sulfonamides is 1. The van der Waals surface area contributed by atoms with Crippen LogP contribution in [0.2, 0.25) is 0 Å². The number of hydrogen-bond acceptors (Lipinski definition) is 5. The summed E-state index contributed by atoms with van der Waals surface area (Å²) in [5, 5.41) is 14.8. The summed E-state index contributed by atoms with van der Waals surface area (Å²) in [4.78, 5) is 20.6. The molecule has 1 aliphatic heterocycles. The van der Waals surface area contributed by atoms with Gasteiger partial charge in [-0.2, -0.15) is 4.31 Å². The van der Waals surface area contributed by atoms with Gasteiger partial charge in [-0.1, -0.05) is 28.1 Å². The Morgan fingerprint density at radius 2 is 1.53 bits per heavy atom. The standard InChI is InChI=1S/C17H18BrFN2O2S.C2H2O4/c18-15-3-1-2-14(12-15)13-20-8-10-21(11-9-20)24(22,23)17-6-4-16(19)5-7-17;3-1(4)2(5)6/h1-7,12H,8-11,13H2;(H,3,4)(H,5,6). The monoisotopic (exact) mass is 502 g/mol. The predicted molar refractivity (Wildman–Crippen MR) is 110 cm³/mol. The molecule has 1 saturated heterocycles. The van der Waals surface area contributed by atoms with Crippen molar-refractivity contribution in [3.8, 4) is 0 Å². The largest absolute Gasteiger partial charge is 0.473 e. The zero-order chi connectivity index (χ0) is 22.3. The molecule has 1 aliphatic rings. The minimum Gasteiger partial charge on any atom is -0.473 e. The van der Waals surface area contributed by atoms with E-state index >= 15 is 0 Å². The molecule has 0 bridgehead atoms. The van der Waals surface area contributed by atoms with E-state index in [-0.39, 0.29) is 4.90 Å². The number of benzene rings is 2. The van der Waals surface area contributed by atoms with Crippen LogP contribution in [-0.4, -0.2) is 66.0 Å². The van der Waals surface area contributed by atoms with Crippen LogP contribution in [0.4, 0.5) is 4.39 Å². The Balaban J connectivity index is 0.000000469. The number of aliphatic carboxylic acids is 2. The van der Waals surface area contributed by atoms with Gasteiger partial charge in [0.1, 0.15) is 5.82 Å². The lowest BCUT2D eigenvalue weighted by Crippen LogP contribution is -2.48. The summed E-state index contributed by atoms with van der Waals surface area (Å²) >= 11 is 3.46. The van der Waals surface area contributed by atoms with Crippen molar-refractivity contribution in [1.82, 2.24) is 9.21 Å². The molecular weight excluding hydrogens is 483 g/mol. The van der Waals surface area contributed by atoms with Crippen LogP contribution >= 0.6 is 15.9 Å². The molecule has 0 atom stereocenters. The van der Waals surface area contributed by atoms with Gasteiger partial charge in [0.05, 0.1) is 4.90 Å². The van der Waals surface area contributed by atoms with Crippen molar-refractivity contribution in [3.05, 3.63) is 64.4 Å². The fourth-order valence-electron chi connectivity index (χ4n) is 2.78. The molecule has 8 nitrogen and oxygen atoms in total. The average Bonchev–Trinajstić information content (AvgIpc) is 2.69. The molecule has 2 N–H and O–H groups in total. The molecule has 2 aromatic rings. The van der Waals surface area contributed by atoms with Crippen molar-refractivity contribution in [2.75, 3.05) is 26.2 Å². The third kappa shape index (κ3) is 6.87. The van der Waals surface area contributed by atoms with Gasteiger partial charge in [0.2, 0.25) is 10.0 Å². The number of carboxylic acid groups (broad SMARTS) is 2. The SMILES string of the molecule is O=C(O)C(=O)O.O=S(=O)(c1ccc(F)cc1)N1CCN(Cc2cccc(Br)c2)CC1. The number of halogens is 2. The Morgan fingerprint density at radius 3 is 2.03 bits per heavy atom. The molecule has 3 rings (SSSR count). The number of carboxylic acids is 2. The molecule has 30 heavy (non-hydrogen) atoms. The molecule has 0 radical (unpaired) electrons. The van der Waals surface area contributed by atoms with Crippen LogP contribution in [0.15, 0.2) is 57.9 Å². The molecule has 0 saturated carbocycles. The van der Waals surface area contributed by atoms with Crippen molar-refractivity contribution >= 4 is 37.9 Å². The molecule has 162 valence electrons. The van der Waals surface area contributed by atoms with Crippen molar-refractivity contribution in [2.45, 2.75) is 11.4 Å². The molecule has 0 amide bonds. The third-order valence-corrected chi connectivity index (χ3v) is 6.67. The normalized spacial score (nSPS) is 15.1. The van der Waals surface area contributed by atoms with Crippen LogP contribution in [0.5, 0.6) is 0 Å². The van der Waals surface area contributed by atoms with Crippen molar-refractivity contribution < 1.29 is 32.6 Å². The first-order valence-electron chi connectivity index (χ1n) is 8.78. The van der Waals surface area contributed by atoms with Gasteiger partial charge in [0.25, 0.3) is 0 Å². The van der Waals surface area contributed by atoms with E-state index in [4.69, 9.17) is 19.8 Å². The smallest absolute Gasteiger partial charge is 0.414 e. The van der Waals surface area contributed by atoms with E-state index in [2.05, 4.69) is 33.0 Å². The fourth-order valence-corrected chi connectivity index (χ4v) is 4.65. The first kappa shape index (κ1) is 23.9. The van der Waals surface area contributed by atoms with Crippen LogP contribution < -0.4 is 0 Å². The van der Waals surface area contributed by atoms with E-state index in [1.165, 1.54) is 34.1 Å². The third-order valence-electron chi connectivity index (χ3n) is 4.26. The van der Waals surface area contributed by atoms with Gasteiger partial charge in [-0.05, 0) is 42.0 Å². The van der Waals surface area contributed by atoms with Crippen LogP contribution in [0, 0.1) is 5.82 Å². The van der Waals surface area contributed by atoms with Gasteiger partial charge in [0.15, 0.2) is 0 Å². The Bertz CT molecular complexity index is 980. The number of nitrogens with zero attached hydrogens (tertiary/aromatic N) is 2. The Kier molecular flexibility index (Phi) is 8.47. The maximum atomic E-state index is 13.0. The summed E-state index contributed by atoms with van der Waals surface area (Å²) in [7, 11) is -3.55. The van der Waals surface area contributed by atoms with Gasteiger partial charge in [-0.25, -0.2) is 22.4 Å². The fraction of sp³-hybridized carbons (Fsp3) is 0.263. The summed E-state index contributed by atoms with van der Waals surface area (Å²) in [6, 6.07) is 13.1. The molecule has 1 fully saturated rings. The number of rotatable bonds is 4. The van der Waals surface area contributed by atoms with Crippen molar-refractivity contribution in [1.29, 1.82) is 0 Å². The topological polar surface area (TPSA) is 115 Å². The second-order valence-electron chi connectivity index (χ2n) is 6.37. The van der Waals surface area contributed by atoms with Crippen molar-refractivity contribution in [3.63, 3.8) is 0 Å². The van der Waals surface area contributed by atoms with Gasteiger partial charge >= 0.3 is 11.9 Å². The Hall–Kier alpha value is -2.34. The summed E-state index contributed by atoms with van der Waals surface area (Å²) in [5.74, 6) is -4.09. The van der Waals surface area contributed by atoms with E-state index in [1.54, 1.807) is 0 Å². The van der Waals surface area contributed by atoms with Crippen LogP contribution in [0.3, 0.4) is 0 Å². The van der Waals surface area contributed by atoms with Gasteiger partial charge in [0, 0.05) is 37.2 Å². The highest BCUT2D eigenvalue weighted by atomic mass is 79.9. The number of hydrogen-bond donors (Lipinski definition) is 2. The highest BCUT2D eigenvalue weighted by Crippen LogP contribution is 2.19. The van der Waals surface area contributed by atoms with Gasteiger partial charge in [-0.15, -0.1) is 0 Å². The quantitative estimate of drug-likeness (QED) is 0.615. The van der Waals surface area contributed by atoms with E-state index in [0.717, 1.165) is 11.0 Å².